The number of nitrogens with one attached hydrogen (secondary N) is 1. The maximum Gasteiger partial charge on any atom is 0.338 e. The molecule has 8 nitrogen and oxygen atoms in total. The Balaban J connectivity index is 1.56. The largest absolute Gasteiger partial charge is 0.459 e. The molecule has 4 rings (SSSR count). The van der Waals surface area contributed by atoms with Crippen LogP contribution >= 0.6 is 0 Å². The van der Waals surface area contributed by atoms with Gasteiger partial charge >= 0.3 is 11.9 Å². The van der Waals surface area contributed by atoms with E-state index in [1.807, 2.05) is 6.92 Å². The normalized spacial score (nSPS) is 24.1. The Bertz CT molecular complexity index is 1200. The molecule has 1 N–H and O–H groups in total. The van der Waals surface area contributed by atoms with Gasteiger partial charge < -0.3 is 14.2 Å². The standard InChI is InChI=1S/C28H27NO7/c1-17-13-14-21(15-23(30)29-26(17)31)24-18(2)25(36-28(33)20-11-7-4-8-12-20)22(35-24)16-34-27(32)19-9-5-3-6-10-19/h3-13,15,18,22,24-25H,14,16H2,1-2H3,(H,29,30,31)/t18-,22?,24?,25?/m1/s1. The van der Waals surface area contributed by atoms with Gasteiger partial charge in [-0.1, -0.05) is 49.4 Å². The first-order chi connectivity index (χ1) is 17.3. The minimum atomic E-state index is -0.758. The summed E-state index contributed by atoms with van der Waals surface area (Å²) in [6.45, 7) is 3.33. The molecule has 2 aliphatic rings. The summed E-state index contributed by atoms with van der Waals surface area (Å²) in [6.07, 6.45) is 1.28. The molecule has 0 saturated carbocycles. The molecule has 2 aromatic rings. The van der Waals surface area contributed by atoms with Crippen molar-refractivity contribution in [2.75, 3.05) is 6.61 Å². The Morgan fingerprint density at radius 2 is 1.58 bits per heavy atom. The first kappa shape index (κ1) is 25.1. The van der Waals surface area contributed by atoms with E-state index >= 15 is 0 Å². The predicted octanol–water partition coefficient (Wildman–Crippen LogP) is 3.39. The maximum atomic E-state index is 12.9. The summed E-state index contributed by atoms with van der Waals surface area (Å²) in [6, 6.07) is 17.1. The zero-order valence-corrected chi connectivity index (χ0v) is 20.0. The highest BCUT2D eigenvalue weighted by atomic mass is 16.6. The third kappa shape index (κ3) is 5.78. The molecule has 2 heterocycles. The van der Waals surface area contributed by atoms with Crippen molar-refractivity contribution < 1.29 is 33.4 Å². The second kappa shape index (κ2) is 11.1. The number of esters is 2. The van der Waals surface area contributed by atoms with E-state index < -0.39 is 42.1 Å². The topological polar surface area (TPSA) is 108 Å². The molecule has 2 aromatic carbocycles. The highest BCUT2D eigenvalue weighted by Crippen LogP contribution is 2.36. The molecule has 0 aromatic heterocycles. The highest BCUT2D eigenvalue weighted by Gasteiger charge is 2.46. The van der Waals surface area contributed by atoms with Crippen molar-refractivity contribution in [3.8, 4) is 0 Å². The van der Waals surface area contributed by atoms with Crippen molar-refractivity contribution in [2.24, 2.45) is 5.92 Å². The molecule has 0 aliphatic carbocycles. The van der Waals surface area contributed by atoms with Crippen LogP contribution in [0.25, 0.3) is 0 Å². The SMILES string of the molecule is CC1=CCC(C2OC(COC(=O)c3ccccc3)C(OC(=O)c3ccccc3)[C@@H]2C)=CC(=O)NC1=O. The summed E-state index contributed by atoms with van der Waals surface area (Å²) in [5.74, 6) is -2.40. The molecule has 3 unspecified atom stereocenters. The Morgan fingerprint density at radius 1 is 0.972 bits per heavy atom. The number of amides is 2. The van der Waals surface area contributed by atoms with Gasteiger partial charge in [-0.25, -0.2) is 9.59 Å². The molecule has 1 fully saturated rings. The molecular formula is C28H27NO7. The summed E-state index contributed by atoms with van der Waals surface area (Å²) in [5, 5.41) is 2.30. The Morgan fingerprint density at radius 3 is 2.22 bits per heavy atom. The van der Waals surface area contributed by atoms with E-state index in [9.17, 15) is 19.2 Å². The molecular weight excluding hydrogens is 462 g/mol. The molecule has 4 atom stereocenters. The molecule has 2 amide bonds. The number of hydrogen-bond donors (Lipinski definition) is 1. The zero-order chi connectivity index (χ0) is 25.7. The highest BCUT2D eigenvalue weighted by molar-refractivity contribution is 6.08. The number of carbonyl (C=O) groups excluding carboxylic acids is 4. The van der Waals surface area contributed by atoms with Gasteiger partial charge in [-0.2, -0.15) is 0 Å². The second-order valence-electron chi connectivity index (χ2n) is 8.78. The first-order valence-electron chi connectivity index (χ1n) is 11.7. The maximum absolute atomic E-state index is 12.9. The van der Waals surface area contributed by atoms with Gasteiger partial charge in [0.2, 0.25) is 0 Å². The molecule has 0 spiro atoms. The number of imide groups is 1. The fourth-order valence-electron chi connectivity index (χ4n) is 4.26. The zero-order valence-electron chi connectivity index (χ0n) is 20.0. The predicted molar refractivity (Wildman–Crippen MR) is 130 cm³/mol. The lowest BCUT2D eigenvalue weighted by Crippen LogP contribution is -2.35. The number of ether oxygens (including phenoxy) is 3. The van der Waals surface area contributed by atoms with E-state index in [0.29, 0.717) is 28.7 Å². The van der Waals surface area contributed by atoms with Gasteiger partial charge in [-0.05, 0) is 43.2 Å². The fourth-order valence-corrected chi connectivity index (χ4v) is 4.26. The quantitative estimate of drug-likeness (QED) is 0.489. The molecule has 2 aliphatic heterocycles. The van der Waals surface area contributed by atoms with Gasteiger partial charge in [0.25, 0.3) is 11.8 Å². The Hall–Kier alpha value is -4.04. The molecule has 0 radical (unpaired) electrons. The number of hydrogen-bond acceptors (Lipinski definition) is 7. The van der Waals surface area contributed by atoms with Gasteiger partial charge in [0.1, 0.15) is 18.8 Å². The monoisotopic (exact) mass is 489 g/mol. The van der Waals surface area contributed by atoms with Gasteiger partial charge in [-0.3, -0.25) is 14.9 Å². The van der Waals surface area contributed by atoms with E-state index in [1.165, 1.54) is 6.08 Å². The number of benzene rings is 2. The third-order valence-corrected chi connectivity index (χ3v) is 6.25. The molecule has 0 bridgehead atoms. The van der Waals surface area contributed by atoms with Crippen LogP contribution in [0.1, 0.15) is 41.0 Å². The van der Waals surface area contributed by atoms with Crippen molar-refractivity contribution >= 4 is 23.8 Å². The molecule has 8 heteroatoms. The minimum Gasteiger partial charge on any atom is -0.459 e. The van der Waals surface area contributed by atoms with E-state index in [1.54, 1.807) is 73.7 Å². The van der Waals surface area contributed by atoms with Crippen LogP contribution in [0.15, 0.2) is 84.0 Å². The average Bonchev–Trinajstić information content (AvgIpc) is 3.19. The summed E-state index contributed by atoms with van der Waals surface area (Å²) < 4.78 is 17.6. The number of rotatable bonds is 6. The number of allylic oxidation sites excluding steroid dienone is 1. The fraction of sp³-hybridized carbons (Fsp3) is 0.286. The van der Waals surface area contributed by atoms with E-state index in [0.717, 1.165) is 0 Å². The van der Waals surface area contributed by atoms with Crippen LogP contribution in [0.4, 0.5) is 0 Å². The summed E-state index contributed by atoms with van der Waals surface area (Å²) >= 11 is 0. The minimum absolute atomic E-state index is 0.145. The smallest absolute Gasteiger partial charge is 0.338 e. The first-order valence-corrected chi connectivity index (χ1v) is 11.7. The van der Waals surface area contributed by atoms with Crippen molar-refractivity contribution in [1.29, 1.82) is 0 Å². The third-order valence-electron chi connectivity index (χ3n) is 6.25. The van der Waals surface area contributed by atoms with Crippen LogP contribution in [-0.2, 0) is 23.8 Å². The van der Waals surface area contributed by atoms with Crippen LogP contribution in [-0.4, -0.2) is 48.7 Å². The van der Waals surface area contributed by atoms with Gasteiger partial charge in [-0.15, -0.1) is 0 Å². The summed E-state index contributed by atoms with van der Waals surface area (Å²) in [4.78, 5) is 49.6. The van der Waals surface area contributed by atoms with Crippen LogP contribution < -0.4 is 5.32 Å². The molecule has 186 valence electrons. The van der Waals surface area contributed by atoms with E-state index in [4.69, 9.17) is 14.2 Å². The lowest BCUT2D eigenvalue weighted by molar-refractivity contribution is -0.125. The molecule has 1 saturated heterocycles. The summed E-state index contributed by atoms with van der Waals surface area (Å²) in [7, 11) is 0. The van der Waals surface area contributed by atoms with Crippen LogP contribution in [0, 0.1) is 5.92 Å². The van der Waals surface area contributed by atoms with Crippen LogP contribution in [0.5, 0.6) is 0 Å². The van der Waals surface area contributed by atoms with Crippen LogP contribution in [0.3, 0.4) is 0 Å². The van der Waals surface area contributed by atoms with E-state index in [-0.39, 0.29) is 12.5 Å². The van der Waals surface area contributed by atoms with Crippen LogP contribution in [0.2, 0.25) is 0 Å². The summed E-state index contributed by atoms with van der Waals surface area (Å²) in [5.41, 5.74) is 1.82. The van der Waals surface area contributed by atoms with Crippen molar-refractivity contribution in [3.63, 3.8) is 0 Å². The van der Waals surface area contributed by atoms with Crippen molar-refractivity contribution in [3.05, 3.63) is 95.1 Å². The van der Waals surface area contributed by atoms with Gasteiger partial charge in [0, 0.05) is 17.6 Å². The lowest BCUT2D eigenvalue weighted by Gasteiger charge is -2.22. The van der Waals surface area contributed by atoms with E-state index in [2.05, 4.69) is 5.32 Å². The van der Waals surface area contributed by atoms with Gasteiger partial charge in [0.15, 0.2) is 0 Å². The van der Waals surface area contributed by atoms with Crippen molar-refractivity contribution in [2.45, 2.75) is 38.6 Å². The van der Waals surface area contributed by atoms with Crippen molar-refractivity contribution in [1.82, 2.24) is 5.32 Å². The second-order valence-corrected chi connectivity index (χ2v) is 8.78. The Labute approximate surface area is 208 Å². The van der Waals surface area contributed by atoms with Gasteiger partial charge in [0.05, 0.1) is 17.2 Å². The molecule has 36 heavy (non-hydrogen) atoms. The Kier molecular flexibility index (Phi) is 7.75. The number of carbonyl (C=O) groups is 4. The lowest BCUT2D eigenvalue weighted by atomic mass is 9.90. The average molecular weight is 490 g/mol.